The summed E-state index contributed by atoms with van der Waals surface area (Å²) in [7, 11) is 8.30. The SMILES string of the molecule is COc1ccc(CC2COC(=O)[C@@H]2Cc2ccc([N+]3(C)CCN(CCN(C)C(=O)O)C(=O)C3)c(OC)c2)cc1OC. The van der Waals surface area contributed by atoms with Crippen LogP contribution in [0.15, 0.2) is 36.4 Å². The van der Waals surface area contributed by atoms with Crippen molar-refractivity contribution in [2.45, 2.75) is 12.8 Å². The molecule has 0 radical (unpaired) electrons. The van der Waals surface area contributed by atoms with E-state index in [1.54, 1.807) is 26.2 Å². The second kappa shape index (κ2) is 12.7. The minimum Gasteiger partial charge on any atom is -0.493 e. The summed E-state index contributed by atoms with van der Waals surface area (Å²) in [5.41, 5.74) is 2.89. The monoisotopic (exact) mass is 570 g/mol. The van der Waals surface area contributed by atoms with Crippen molar-refractivity contribution in [1.82, 2.24) is 14.3 Å². The summed E-state index contributed by atoms with van der Waals surface area (Å²) in [6.07, 6.45) is 0.168. The molecule has 0 aromatic heterocycles. The number of likely N-dealkylation sites (N-methyl/N-ethyl adjacent to an activating group) is 2. The molecule has 2 aliphatic heterocycles. The maximum Gasteiger partial charge on any atom is 0.407 e. The molecule has 11 heteroatoms. The summed E-state index contributed by atoms with van der Waals surface area (Å²) >= 11 is 0. The van der Waals surface area contributed by atoms with Gasteiger partial charge in [0, 0.05) is 32.1 Å². The van der Waals surface area contributed by atoms with Crippen molar-refractivity contribution in [1.29, 1.82) is 0 Å². The van der Waals surface area contributed by atoms with E-state index in [0.717, 1.165) is 16.8 Å². The third kappa shape index (κ3) is 6.67. The van der Waals surface area contributed by atoms with Crippen LogP contribution < -0.4 is 18.7 Å². The number of hydrogen-bond acceptors (Lipinski definition) is 7. The van der Waals surface area contributed by atoms with Gasteiger partial charge in [-0.15, -0.1) is 0 Å². The zero-order valence-electron chi connectivity index (χ0n) is 24.4. The molecule has 0 spiro atoms. The Labute approximate surface area is 240 Å². The molecule has 1 N–H and O–H groups in total. The van der Waals surface area contributed by atoms with Gasteiger partial charge in [-0.2, -0.15) is 0 Å². The van der Waals surface area contributed by atoms with Crippen LogP contribution in [0.3, 0.4) is 0 Å². The maximum absolute atomic E-state index is 13.0. The fourth-order valence-electron chi connectivity index (χ4n) is 5.67. The molecule has 0 bridgehead atoms. The van der Waals surface area contributed by atoms with Gasteiger partial charge < -0.3 is 33.9 Å². The van der Waals surface area contributed by atoms with E-state index in [9.17, 15) is 14.4 Å². The number of carbonyl (C=O) groups is 3. The quantitative estimate of drug-likeness (QED) is 0.324. The van der Waals surface area contributed by atoms with E-state index in [0.29, 0.717) is 60.8 Å². The van der Waals surface area contributed by atoms with Crippen LogP contribution in [0.5, 0.6) is 17.2 Å². The van der Waals surface area contributed by atoms with E-state index in [1.165, 1.54) is 11.9 Å². The highest BCUT2D eigenvalue weighted by molar-refractivity contribution is 5.82. The Bertz CT molecular complexity index is 1280. The van der Waals surface area contributed by atoms with Crippen molar-refractivity contribution in [2.75, 3.05) is 74.8 Å². The summed E-state index contributed by atoms with van der Waals surface area (Å²) < 4.78 is 22.4. The first-order valence-corrected chi connectivity index (χ1v) is 13.7. The lowest BCUT2D eigenvalue weighted by Crippen LogP contribution is -2.61. The maximum atomic E-state index is 13.0. The van der Waals surface area contributed by atoms with Crippen LogP contribution in [-0.2, 0) is 27.2 Å². The van der Waals surface area contributed by atoms with Gasteiger partial charge >= 0.3 is 12.1 Å². The Balaban J connectivity index is 1.45. The van der Waals surface area contributed by atoms with Crippen molar-refractivity contribution in [3.8, 4) is 17.2 Å². The van der Waals surface area contributed by atoms with Crippen LogP contribution in [-0.4, -0.2) is 108 Å². The van der Waals surface area contributed by atoms with Crippen LogP contribution in [0.25, 0.3) is 0 Å². The number of amides is 2. The van der Waals surface area contributed by atoms with Crippen molar-refractivity contribution >= 4 is 23.7 Å². The highest BCUT2D eigenvalue weighted by atomic mass is 16.5. The van der Waals surface area contributed by atoms with Crippen molar-refractivity contribution in [3.05, 3.63) is 47.5 Å². The number of quaternary nitrogens is 1. The molecule has 4 rings (SSSR count). The largest absolute Gasteiger partial charge is 0.493 e. The second-order valence-corrected chi connectivity index (χ2v) is 11.0. The first-order valence-electron chi connectivity index (χ1n) is 13.7. The first kappa shape index (κ1) is 30.0. The molecule has 11 nitrogen and oxygen atoms in total. The van der Waals surface area contributed by atoms with Crippen LogP contribution in [0.2, 0.25) is 0 Å². The predicted octanol–water partition coefficient (Wildman–Crippen LogP) is 2.68. The van der Waals surface area contributed by atoms with Gasteiger partial charge in [-0.3, -0.25) is 14.1 Å². The number of nitrogens with zero attached hydrogens (tertiary/aromatic N) is 3. The average molecular weight is 571 g/mol. The molecule has 2 saturated heterocycles. The smallest absolute Gasteiger partial charge is 0.407 e. The van der Waals surface area contributed by atoms with Gasteiger partial charge in [-0.1, -0.05) is 12.1 Å². The highest BCUT2D eigenvalue weighted by Gasteiger charge is 2.40. The summed E-state index contributed by atoms with van der Waals surface area (Å²) in [6.45, 7) is 2.41. The number of carbonyl (C=O) groups excluding carboxylic acids is 2. The van der Waals surface area contributed by atoms with Gasteiger partial charge in [0.2, 0.25) is 0 Å². The molecule has 222 valence electrons. The lowest BCUT2D eigenvalue weighted by Gasteiger charge is -2.41. The predicted molar refractivity (Wildman–Crippen MR) is 153 cm³/mol. The van der Waals surface area contributed by atoms with Gasteiger partial charge in [0.15, 0.2) is 29.5 Å². The van der Waals surface area contributed by atoms with Gasteiger partial charge in [0.05, 0.1) is 47.4 Å². The van der Waals surface area contributed by atoms with Crippen LogP contribution >= 0.6 is 0 Å². The lowest BCUT2D eigenvalue weighted by atomic mass is 9.85. The molecule has 2 unspecified atom stereocenters. The lowest BCUT2D eigenvalue weighted by molar-refractivity contribution is -0.141. The molecule has 2 aromatic rings. The Kier molecular flexibility index (Phi) is 9.27. The first-order chi connectivity index (χ1) is 19.6. The van der Waals surface area contributed by atoms with Crippen molar-refractivity contribution in [2.24, 2.45) is 11.8 Å². The van der Waals surface area contributed by atoms with Crippen molar-refractivity contribution in [3.63, 3.8) is 0 Å². The van der Waals surface area contributed by atoms with Gasteiger partial charge in [0.1, 0.15) is 6.54 Å². The van der Waals surface area contributed by atoms with Crippen molar-refractivity contribution < 1.29 is 38.4 Å². The third-order valence-corrected chi connectivity index (χ3v) is 8.27. The zero-order valence-corrected chi connectivity index (χ0v) is 24.4. The van der Waals surface area contributed by atoms with Crippen LogP contribution in [0.4, 0.5) is 10.5 Å². The Morgan fingerprint density at radius 2 is 1.68 bits per heavy atom. The van der Waals surface area contributed by atoms with E-state index in [4.69, 9.17) is 24.1 Å². The molecule has 2 aliphatic rings. The molecule has 2 heterocycles. The minimum absolute atomic E-state index is 0.0155. The van der Waals surface area contributed by atoms with Gasteiger partial charge in [-0.25, -0.2) is 4.79 Å². The summed E-state index contributed by atoms with van der Waals surface area (Å²) in [4.78, 5) is 39.7. The fourth-order valence-corrected chi connectivity index (χ4v) is 5.67. The summed E-state index contributed by atoms with van der Waals surface area (Å²) in [6, 6.07) is 11.7. The number of hydrogen-bond donors (Lipinski definition) is 1. The van der Waals surface area contributed by atoms with Gasteiger partial charge in [0.25, 0.3) is 5.91 Å². The molecule has 2 aromatic carbocycles. The Morgan fingerprint density at radius 3 is 2.34 bits per heavy atom. The molecule has 2 amide bonds. The van der Waals surface area contributed by atoms with E-state index in [-0.39, 0.29) is 36.8 Å². The number of carboxylic acid groups (broad SMARTS) is 1. The number of cyclic esters (lactones) is 1. The number of benzene rings is 2. The molecule has 0 aliphatic carbocycles. The standard InChI is InChI=1S/C30H39N3O8/c1-31(30(36)37)10-11-32-12-13-33(2,18-28(32)34)24-8-6-21(16-26(24)39-4)15-23-22(19-41-29(23)35)14-20-7-9-25(38-3)27(17-20)40-5/h6-9,16-17,22-23H,10-15,18-19H2,1-5H3/p+1/t22?,23-,33?/m1/s1. The summed E-state index contributed by atoms with van der Waals surface area (Å²) in [5.74, 6) is 1.46. The number of piperazine rings is 1. The number of ether oxygens (including phenoxy) is 4. The van der Waals surface area contributed by atoms with Crippen LogP contribution in [0.1, 0.15) is 11.1 Å². The minimum atomic E-state index is -1.02. The molecule has 0 saturated carbocycles. The number of methoxy groups -OCH3 is 3. The molecular weight excluding hydrogens is 530 g/mol. The zero-order chi connectivity index (χ0) is 29.7. The normalized spacial score (nSPS) is 22.3. The van der Waals surface area contributed by atoms with Gasteiger partial charge in [-0.05, 0) is 42.2 Å². The Morgan fingerprint density at radius 1 is 1.02 bits per heavy atom. The topological polar surface area (TPSA) is 115 Å². The van der Waals surface area contributed by atoms with E-state index < -0.39 is 6.09 Å². The average Bonchev–Trinajstić information content (AvgIpc) is 3.30. The molecule has 41 heavy (non-hydrogen) atoms. The molecular formula is C30H40N3O8+. The highest BCUT2D eigenvalue weighted by Crippen LogP contribution is 2.37. The Hall–Kier alpha value is -3.99. The van der Waals surface area contributed by atoms with E-state index in [1.807, 2.05) is 43.4 Å². The fraction of sp³-hybridized carbons (Fsp3) is 0.500. The summed E-state index contributed by atoms with van der Waals surface area (Å²) in [5, 5.41) is 9.08. The number of rotatable bonds is 11. The van der Waals surface area contributed by atoms with E-state index in [2.05, 4.69) is 0 Å². The third-order valence-electron chi connectivity index (χ3n) is 8.27. The number of esters is 1. The second-order valence-electron chi connectivity index (χ2n) is 11.0. The molecule has 3 atom stereocenters. The molecule has 2 fully saturated rings. The van der Waals surface area contributed by atoms with E-state index >= 15 is 0 Å². The van der Waals surface area contributed by atoms with Crippen LogP contribution in [0, 0.1) is 11.8 Å².